The van der Waals surface area contributed by atoms with Crippen LogP contribution in [0.3, 0.4) is 0 Å². The topological polar surface area (TPSA) is 107 Å². The number of primary amides is 1. The summed E-state index contributed by atoms with van der Waals surface area (Å²) in [7, 11) is 0. The van der Waals surface area contributed by atoms with Crippen LogP contribution in [0.2, 0.25) is 0 Å². The Labute approximate surface area is 143 Å². The Balaban J connectivity index is 0.00000192. The maximum atomic E-state index is 12.4. The van der Waals surface area contributed by atoms with Crippen LogP contribution in [0.4, 0.5) is 0 Å². The van der Waals surface area contributed by atoms with Gasteiger partial charge in [0.15, 0.2) is 0 Å². The monoisotopic (exact) mass is 345 g/mol. The highest BCUT2D eigenvalue weighted by molar-refractivity contribution is 5.85. The molecule has 4 unspecified atom stereocenters. The molecule has 2 bridgehead atoms. The van der Waals surface area contributed by atoms with Crippen LogP contribution < -0.4 is 16.8 Å². The average molecular weight is 346 g/mol. The molecule has 0 aromatic heterocycles. The fourth-order valence-electron chi connectivity index (χ4n) is 4.43. The lowest BCUT2D eigenvalue weighted by Gasteiger charge is -2.43. The predicted octanol–water partition coefficient (Wildman–Crippen LogP) is 0.711. The molecule has 2 aliphatic carbocycles. The molecule has 5 N–H and O–H groups in total. The van der Waals surface area contributed by atoms with E-state index in [9.17, 15) is 9.59 Å². The van der Waals surface area contributed by atoms with Crippen molar-refractivity contribution in [2.24, 2.45) is 29.2 Å². The highest BCUT2D eigenvalue weighted by Crippen LogP contribution is 2.41. The van der Waals surface area contributed by atoms with Crippen molar-refractivity contribution in [3.05, 3.63) is 0 Å². The second kappa shape index (κ2) is 7.81. The van der Waals surface area contributed by atoms with Gasteiger partial charge in [0.1, 0.15) is 6.10 Å². The number of nitrogens with two attached hydrogens (primary N) is 2. The Hall–Kier alpha value is -0.850. The van der Waals surface area contributed by atoms with Crippen LogP contribution in [0.1, 0.15) is 44.9 Å². The van der Waals surface area contributed by atoms with Gasteiger partial charge in [-0.15, -0.1) is 12.4 Å². The summed E-state index contributed by atoms with van der Waals surface area (Å²) in [6.07, 6.45) is 6.24. The van der Waals surface area contributed by atoms with Crippen molar-refractivity contribution in [2.75, 3.05) is 6.54 Å². The van der Waals surface area contributed by atoms with E-state index in [1.54, 1.807) is 0 Å². The van der Waals surface area contributed by atoms with Crippen molar-refractivity contribution in [1.82, 2.24) is 5.32 Å². The fourth-order valence-corrected chi connectivity index (χ4v) is 4.43. The lowest BCUT2D eigenvalue weighted by Crippen LogP contribution is -2.49. The number of carbonyl (C=O) groups is 2. The predicted molar refractivity (Wildman–Crippen MR) is 88.9 cm³/mol. The fraction of sp³-hybridized carbons (Fsp3) is 0.875. The first-order chi connectivity index (χ1) is 10.5. The third-order valence-corrected chi connectivity index (χ3v) is 5.71. The first-order valence-corrected chi connectivity index (χ1v) is 8.52. The van der Waals surface area contributed by atoms with E-state index in [4.69, 9.17) is 16.2 Å². The van der Waals surface area contributed by atoms with Crippen molar-refractivity contribution in [2.45, 2.75) is 63.2 Å². The summed E-state index contributed by atoms with van der Waals surface area (Å²) >= 11 is 0. The summed E-state index contributed by atoms with van der Waals surface area (Å²) in [5.74, 6) is 0.803. The van der Waals surface area contributed by atoms with Crippen LogP contribution in [-0.2, 0) is 14.3 Å². The number of nitrogens with one attached hydrogen (secondary N) is 1. The summed E-state index contributed by atoms with van der Waals surface area (Å²) in [5, 5.41) is 3.00. The van der Waals surface area contributed by atoms with Gasteiger partial charge in [-0.1, -0.05) is 6.42 Å². The molecule has 1 aliphatic heterocycles. The van der Waals surface area contributed by atoms with Crippen LogP contribution >= 0.6 is 12.4 Å². The molecule has 4 atom stereocenters. The Morgan fingerprint density at radius 2 is 1.74 bits per heavy atom. The van der Waals surface area contributed by atoms with Crippen LogP contribution in [0.25, 0.3) is 0 Å². The van der Waals surface area contributed by atoms with Crippen LogP contribution in [0.15, 0.2) is 0 Å². The van der Waals surface area contributed by atoms with E-state index in [1.807, 2.05) is 0 Å². The summed E-state index contributed by atoms with van der Waals surface area (Å²) < 4.78 is 5.54. The zero-order chi connectivity index (χ0) is 15.7. The zero-order valence-corrected chi connectivity index (χ0v) is 14.2. The van der Waals surface area contributed by atoms with Gasteiger partial charge in [0.25, 0.3) is 0 Å². The van der Waals surface area contributed by atoms with Crippen LogP contribution in [0.5, 0.6) is 0 Å². The largest absolute Gasteiger partial charge is 0.367 e. The minimum absolute atomic E-state index is 0. The lowest BCUT2D eigenvalue weighted by molar-refractivity contribution is -0.130. The maximum absolute atomic E-state index is 12.4. The number of rotatable bonds is 4. The van der Waals surface area contributed by atoms with E-state index >= 15 is 0 Å². The normalized spacial score (nSPS) is 39.3. The summed E-state index contributed by atoms with van der Waals surface area (Å²) in [6.45, 7) is 0.473. The van der Waals surface area contributed by atoms with Crippen molar-refractivity contribution < 1.29 is 14.3 Å². The van der Waals surface area contributed by atoms with Crippen molar-refractivity contribution in [3.8, 4) is 0 Å². The number of amides is 2. The van der Waals surface area contributed by atoms with Crippen molar-refractivity contribution in [1.29, 1.82) is 0 Å². The Kier molecular flexibility index (Phi) is 6.28. The molecule has 0 radical (unpaired) electrons. The molecule has 1 saturated heterocycles. The number of hydrogen-bond donors (Lipinski definition) is 3. The maximum Gasteiger partial charge on any atom is 0.246 e. The summed E-state index contributed by atoms with van der Waals surface area (Å²) in [4.78, 5) is 23.5. The summed E-state index contributed by atoms with van der Waals surface area (Å²) in [6, 6.07) is 0.285. The molecule has 132 valence electrons. The number of hydrogen-bond acceptors (Lipinski definition) is 4. The highest BCUT2D eigenvalue weighted by atomic mass is 35.5. The van der Waals surface area contributed by atoms with Gasteiger partial charge in [-0.2, -0.15) is 0 Å². The first-order valence-electron chi connectivity index (χ1n) is 8.52. The highest BCUT2D eigenvalue weighted by Gasteiger charge is 2.40. The minimum atomic E-state index is -0.492. The van der Waals surface area contributed by atoms with Gasteiger partial charge in [0.05, 0.1) is 6.10 Å². The molecule has 1 heterocycles. The third-order valence-electron chi connectivity index (χ3n) is 5.71. The molecule has 3 fully saturated rings. The van der Waals surface area contributed by atoms with E-state index < -0.39 is 12.0 Å². The second-order valence-electron chi connectivity index (χ2n) is 7.17. The van der Waals surface area contributed by atoms with E-state index in [0.717, 1.165) is 32.1 Å². The van der Waals surface area contributed by atoms with Gasteiger partial charge in [0, 0.05) is 18.5 Å². The van der Waals surface area contributed by atoms with Gasteiger partial charge in [-0.25, -0.2) is 0 Å². The molecule has 3 aliphatic rings. The van der Waals surface area contributed by atoms with Gasteiger partial charge in [-0.05, 0) is 50.4 Å². The smallest absolute Gasteiger partial charge is 0.246 e. The summed E-state index contributed by atoms with van der Waals surface area (Å²) in [5.41, 5.74) is 11.5. The second-order valence-corrected chi connectivity index (χ2v) is 7.17. The molecule has 7 heteroatoms. The molecule has 6 nitrogen and oxygen atoms in total. The first kappa shape index (κ1) is 18.5. The zero-order valence-electron chi connectivity index (χ0n) is 13.4. The van der Waals surface area contributed by atoms with Gasteiger partial charge in [0.2, 0.25) is 11.8 Å². The van der Waals surface area contributed by atoms with Gasteiger partial charge < -0.3 is 21.5 Å². The van der Waals surface area contributed by atoms with E-state index in [0.29, 0.717) is 24.8 Å². The van der Waals surface area contributed by atoms with Crippen LogP contribution in [0, 0.1) is 17.8 Å². The Morgan fingerprint density at radius 1 is 1.09 bits per heavy atom. The standard InChI is InChI=1S/C16H27N3O3.ClH/c17-14-9-2-1-3-10(14)7-11(6-9)16(21)19-8-12-4-5-13(22-12)15(18)20;/h9-14H,1-8,17H2,(H2,18,20)(H,19,21);1H. The molecule has 23 heavy (non-hydrogen) atoms. The van der Waals surface area contributed by atoms with E-state index in [-0.39, 0.29) is 36.4 Å². The molecule has 2 amide bonds. The molecular weight excluding hydrogens is 318 g/mol. The van der Waals surface area contributed by atoms with E-state index in [1.165, 1.54) is 6.42 Å². The molecule has 0 aromatic carbocycles. The molecule has 3 rings (SSSR count). The lowest BCUT2D eigenvalue weighted by atomic mass is 9.65. The number of halogens is 1. The number of carbonyl (C=O) groups excluding carboxylic acids is 2. The Morgan fingerprint density at radius 3 is 2.30 bits per heavy atom. The SMILES string of the molecule is Cl.NC(=O)C1CCC(CNC(=O)C2CC3CCCC(C2)C3N)O1. The molecule has 0 aromatic rings. The molecule has 0 spiro atoms. The molecular formula is C16H28ClN3O3. The van der Waals surface area contributed by atoms with Gasteiger partial charge in [-0.3, -0.25) is 9.59 Å². The Bertz CT molecular complexity index is 434. The van der Waals surface area contributed by atoms with E-state index in [2.05, 4.69) is 5.32 Å². The van der Waals surface area contributed by atoms with Crippen LogP contribution in [-0.4, -0.2) is 36.6 Å². The molecule has 2 saturated carbocycles. The number of ether oxygens (including phenoxy) is 1. The van der Waals surface area contributed by atoms with Gasteiger partial charge >= 0.3 is 0 Å². The van der Waals surface area contributed by atoms with Crippen molar-refractivity contribution >= 4 is 24.2 Å². The number of fused-ring (bicyclic) bond motifs is 2. The third kappa shape index (κ3) is 4.17. The quantitative estimate of drug-likeness (QED) is 0.697. The van der Waals surface area contributed by atoms with Crippen molar-refractivity contribution in [3.63, 3.8) is 0 Å². The average Bonchev–Trinajstić information content (AvgIpc) is 2.93. The minimum Gasteiger partial charge on any atom is -0.367 e.